The van der Waals surface area contributed by atoms with E-state index in [1.54, 1.807) is 24.3 Å². The van der Waals surface area contributed by atoms with Crippen LogP contribution in [0.4, 0.5) is 0 Å². The topological polar surface area (TPSA) is 35.5 Å². The molecule has 2 aromatic carbocycles. The van der Waals surface area contributed by atoms with Gasteiger partial charge in [0.2, 0.25) is 0 Å². The Balaban J connectivity index is 1.85. The predicted molar refractivity (Wildman–Crippen MR) is 72.4 cm³/mol. The molecule has 0 spiro atoms. The van der Waals surface area contributed by atoms with E-state index >= 15 is 0 Å². The highest BCUT2D eigenvalue weighted by molar-refractivity contribution is 5.87. The second-order valence-electron chi connectivity index (χ2n) is 3.90. The van der Waals surface area contributed by atoms with Gasteiger partial charge in [0.05, 0.1) is 0 Å². The summed E-state index contributed by atoms with van der Waals surface area (Å²) >= 11 is 0. The maximum Gasteiger partial charge on any atom is 0.378 e. The minimum atomic E-state index is -0.581. The van der Waals surface area contributed by atoms with Crippen LogP contribution in [0.15, 0.2) is 73.0 Å². The molecule has 0 amide bonds. The lowest BCUT2D eigenvalue weighted by Crippen LogP contribution is -2.12. The molecule has 96 valence electrons. The summed E-state index contributed by atoms with van der Waals surface area (Å²) in [4.78, 5) is 11.7. The molecule has 0 fully saturated rings. The van der Waals surface area contributed by atoms with Crippen LogP contribution in [0.25, 0.3) is 0 Å². The van der Waals surface area contributed by atoms with E-state index in [0.29, 0.717) is 12.4 Å². The average Bonchev–Trinajstić information content (AvgIpc) is 2.47. The van der Waals surface area contributed by atoms with Gasteiger partial charge in [-0.2, -0.15) is 0 Å². The SMILES string of the molecule is C=C(OCc1ccccc1)C(=O)Oc1ccccc1. The van der Waals surface area contributed by atoms with Gasteiger partial charge in [-0.15, -0.1) is 0 Å². The molecule has 0 aromatic heterocycles. The summed E-state index contributed by atoms with van der Waals surface area (Å²) in [7, 11) is 0. The number of hydrogen-bond acceptors (Lipinski definition) is 3. The largest absolute Gasteiger partial charge is 0.482 e. The van der Waals surface area contributed by atoms with Crippen molar-refractivity contribution in [1.82, 2.24) is 0 Å². The normalized spacial score (nSPS) is 9.68. The van der Waals surface area contributed by atoms with Crippen molar-refractivity contribution < 1.29 is 14.3 Å². The van der Waals surface area contributed by atoms with E-state index in [1.165, 1.54) is 0 Å². The van der Waals surface area contributed by atoms with E-state index in [2.05, 4.69) is 6.58 Å². The molecule has 0 saturated carbocycles. The van der Waals surface area contributed by atoms with Gasteiger partial charge in [-0.3, -0.25) is 0 Å². The number of ether oxygens (including phenoxy) is 2. The van der Waals surface area contributed by atoms with E-state index in [0.717, 1.165) is 5.56 Å². The second-order valence-corrected chi connectivity index (χ2v) is 3.90. The standard InChI is InChI=1S/C16H14O3/c1-13(18-12-14-8-4-2-5-9-14)16(17)19-15-10-6-3-7-11-15/h2-11H,1,12H2. The molecule has 0 N–H and O–H groups in total. The molecule has 19 heavy (non-hydrogen) atoms. The quantitative estimate of drug-likeness (QED) is 0.355. The summed E-state index contributed by atoms with van der Waals surface area (Å²) in [6, 6.07) is 18.4. The predicted octanol–water partition coefficient (Wildman–Crippen LogP) is 3.32. The van der Waals surface area contributed by atoms with Gasteiger partial charge in [-0.1, -0.05) is 48.5 Å². The van der Waals surface area contributed by atoms with Crippen LogP contribution in [-0.2, 0) is 16.1 Å². The molecule has 0 heterocycles. The Hall–Kier alpha value is -2.55. The summed E-state index contributed by atoms with van der Waals surface area (Å²) in [5.74, 6) is -0.119. The molecule has 2 aromatic rings. The highest BCUT2D eigenvalue weighted by atomic mass is 16.6. The molecular weight excluding hydrogens is 240 g/mol. The van der Waals surface area contributed by atoms with Crippen LogP contribution in [0.2, 0.25) is 0 Å². The zero-order valence-electron chi connectivity index (χ0n) is 10.4. The third-order valence-electron chi connectivity index (χ3n) is 2.44. The van der Waals surface area contributed by atoms with E-state index < -0.39 is 5.97 Å². The third kappa shape index (κ3) is 4.00. The lowest BCUT2D eigenvalue weighted by Gasteiger charge is -2.08. The first kappa shape index (κ1) is 12.9. The van der Waals surface area contributed by atoms with Gasteiger partial charge >= 0.3 is 5.97 Å². The second kappa shape index (κ2) is 6.40. The van der Waals surface area contributed by atoms with Crippen LogP contribution in [-0.4, -0.2) is 5.97 Å². The van der Waals surface area contributed by atoms with Crippen molar-refractivity contribution in [2.75, 3.05) is 0 Å². The zero-order valence-corrected chi connectivity index (χ0v) is 10.4. The van der Waals surface area contributed by atoms with Crippen LogP contribution in [0.5, 0.6) is 5.75 Å². The number of para-hydroxylation sites is 1. The van der Waals surface area contributed by atoms with Crippen LogP contribution in [0.1, 0.15) is 5.56 Å². The molecule has 3 heteroatoms. The first-order chi connectivity index (χ1) is 9.25. The third-order valence-corrected chi connectivity index (χ3v) is 2.44. The molecule has 0 saturated heterocycles. The van der Waals surface area contributed by atoms with Crippen LogP contribution in [0.3, 0.4) is 0 Å². The fourth-order valence-electron chi connectivity index (χ4n) is 1.46. The van der Waals surface area contributed by atoms with Gasteiger partial charge in [0.25, 0.3) is 0 Å². The van der Waals surface area contributed by atoms with Crippen molar-refractivity contribution in [2.45, 2.75) is 6.61 Å². The first-order valence-electron chi connectivity index (χ1n) is 5.88. The number of rotatable bonds is 5. The Morgan fingerprint density at radius 3 is 2.16 bits per heavy atom. The van der Waals surface area contributed by atoms with E-state index in [4.69, 9.17) is 9.47 Å². The van der Waals surface area contributed by atoms with Gasteiger partial charge in [-0.25, -0.2) is 4.79 Å². The van der Waals surface area contributed by atoms with Gasteiger partial charge in [0.15, 0.2) is 5.76 Å². The molecule has 0 aliphatic carbocycles. The Kier molecular flexibility index (Phi) is 4.34. The average molecular weight is 254 g/mol. The van der Waals surface area contributed by atoms with Gasteiger partial charge in [0, 0.05) is 0 Å². The van der Waals surface area contributed by atoms with Crippen molar-refractivity contribution in [3.8, 4) is 5.75 Å². The van der Waals surface area contributed by atoms with Crippen molar-refractivity contribution in [3.63, 3.8) is 0 Å². The number of benzene rings is 2. The summed E-state index contributed by atoms with van der Waals surface area (Å²) in [5, 5.41) is 0. The molecule has 3 nitrogen and oxygen atoms in total. The monoisotopic (exact) mass is 254 g/mol. The van der Waals surface area contributed by atoms with Crippen LogP contribution < -0.4 is 4.74 Å². The molecule has 0 aliphatic heterocycles. The Morgan fingerprint density at radius 1 is 0.947 bits per heavy atom. The van der Waals surface area contributed by atoms with E-state index in [-0.39, 0.29) is 5.76 Å². The number of esters is 1. The van der Waals surface area contributed by atoms with Crippen molar-refractivity contribution in [1.29, 1.82) is 0 Å². The molecule has 0 bridgehead atoms. The minimum Gasteiger partial charge on any atom is -0.482 e. The molecule has 0 unspecified atom stereocenters. The molecule has 2 rings (SSSR count). The fraction of sp³-hybridized carbons (Fsp3) is 0.0625. The highest BCUT2D eigenvalue weighted by Crippen LogP contribution is 2.12. The minimum absolute atomic E-state index is 0.00675. The van der Waals surface area contributed by atoms with E-state index in [1.807, 2.05) is 36.4 Å². The summed E-state index contributed by atoms with van der Waals surface area (Å²) in [6.07, 6.45) is 0. The summed E-state index contributed by atoms with van der Waals surface area (Å²) in [6.45, 7) is 3.86. The fourth-order valence-corrected chi connectivity index (χ4v) is 1.46. The molecule has 0 radical (unpaired) electrons. The maximum atomic E-state index is 11.7. The van der Waals surface area contributed by atoms with Crippen molar-refractivity contribution >= 4 is 5.97 Å². The molecule has 0 aliphatic rings. The lowest BCUT2D eigenvalue weighted by atomic mass is 10.2. The maximum absolute atomic E-state index is 11.7. The van der Waals surface area contributed by atoms with Crippen LogP contribution in [0, 0.1) is 0 Å². The summed E-state index contributed by atoms with van der Waals surface area (Å²) < 4.78 is 10.4. The zero-order chi connectivity index (χ0) is 13.5. The Bertz CT molecular complexity index is 547. The number of hydrogen-bond donors (Lipinski definition) is 0. The van der Waals surface area contributed by atoms with Gasteiger partial charge < -0.3 is 9.47 Å². The highest BCUT2D eigenvalue weighted by Gasteiger charge is 2.11. The van der Waals surface area contributed by atoms with Crippen molar-refractivity contribution in [2.24, 2.45) is 0 Å². The number of carbonyl (C=O) groups is 1. The Morgan fingerprint density at radius 2 is 1.53 bits per heavy atom. The van der Waals surface area contributed by atoms with Crippen molar-refractivity contribution in [3.05, 3.63) is 78.6 Å². The number of carbonyl (C=O) groups excluding carboxylic acids is 1. The lowest BCUT2D eigenvalue weighted by molar-refractivity contribution is -0.134. The molecule has 0 atom stereocenters. The summed E-state index contributed by atoms with van der Waals surface area (Å²) in [5.41, 5.74) is 0.969. The van der Waals surface area contributed by atoms with Crippen LogP contribution >= 0.6 is 0 Å². The van der Waals surface area contributed by atoms with Gasteiger partial charge in [-0.05, 0) is 24.3 Å². The Labute approximate surface area is 112 Å². The van der Waals surface area contributed by atoms with Gasteiger partial charge in [0.1, 0.15) is 12.4 Å². The van der Waals surface area contributed by atoms with E-state index in [9.17, 15) is 4.79 Å². The first-order valence-corrected chi connectivity index (χ1v) is 5.88. The molecular formula is C16H14O3. The smallest absolute Gasteiger partial charge is 0.378 e.